The minimum atomic E-state index is -0.493. The summed E-state index contributed by atoms with van der Waals surface area (Å²) >= 11 is 0. The van der Waals surface area contributed by atoms with Crippen molar-refractivity contribution in [3.8, 4) is 0 Å². The third-order valence-electron chi connectivity index (χ3n) is 6.47. The number of hydrogen-bond acceptors (Lipinski definition) is 6. The molecule has 3 heterocycles. The van der Waals surface area contributed by atoms with E-state index in [1.165, 1.54) is 6.20 Å². The SMILES string of the molecule is NC(=O)c1ccc(N2CCN(C(=O)CCC3NC(=O)C4CCCCC4N3)CC2)nc1. The third-order valence-corrected chi connectivity index (χ3v) is 6.47. The van der Waals surface area contributed by atoms with E-state index in [-0.39, 0.29) is 29.9 Å². The average molecular weight is 415 g/mol. The number of anilines is 1. The number of amides is 3. The van der Waals surface area contributed by atoms with Crippen molar-refractivity contribution in [3.05, 3.63) is 23.9 Å². The van der Waals surface area contributed by atoms with Crippen molar-refractivity contribution in [2.75, 3.05) is 31.1 Å². The highest BCUT2D eigenvalue weighted by atomic mass is 16.2. The summed E-state index contributed by atoms with van der Waals surface area (Å²) in [6.07, 6.45) is 6.68. The van der Waals surface area contributed by atoms with Gasteiger partial charge < -0.3 is 20.9 Å². The molecule has 9 heteroatoms. The van der Waals surface area contributed by atoms with Crippen LogP contribution in [0.5, 0.6) is 0 Å². The first-order valence-electron chi connectivity index (χ1n) is 10.9. The monoisotopic (exact) mass is 414 g/mol. The van der Waals surface area contributed by atoms with Crippen molar-refractivity contribution in [2.24, 2.45) is 11.7 Å². The number of carbonyl (C=O) groups excluding carboxylic acids is 3. The second kappa shape index (κ2) is 8.99. The van der Waals surface area contributed by atoms with E-state index in [4.69, 9.17) is 5.73 Å². The Morgan fingerprint density at radius 1 is 1.13 bits per heavy atom. The maximum absolute atomic E-state index is 12.7. The molecular weight excluding hydrogens is 384 g/mol. The molecule has 0 bridgehead atoms. The van der Waals surface area contributed by atoms with E-state index in [0.29, 0.717) is 44.6 Å². The van der Waals surface area contributed by atoms with Crippen LogP contribution in [-0.2, 0) is 9.59 Å². The Bertz CT molecular complexity index is 790. The molecular formula is C21H30N6O3. The average Bonchev–Trinajstić information content (AvgIpc) is 2.78. The quantitative estimate of drug-likeness (QED) is 0.634. The Labute approximate surface area is 176 Å². The summed E-state index contributed by atoms with van der Waals surface area (Å²) in [6.45, 7) is 2.65. The molecule has 4 N–H and O–H groups in total. The Kier molecular flexibility index (Phi) is 6.17. The molecule has 3 fully saturated rings. The first-order valence-corrected chi connectivity index (χ1v) is 10.9. The predicted molar refractivity (Wildman–Crippen MR) is 112 cm³/mol. The number of nitrogens with zero attached hydrogens (tertiary/aromatic N) is 3. The van der Waals surface area contributed by atoms with Gasteiger partial charge in [-0.25, -0.2) is 4.98 Å². The third kappa shape index (κ3) is 4.56. The van der Waals surface area contributed by atoms with E-state index < -0.39 is 5.91 Å². The zero-order valence-corrected chi connectivity index (χ0v) is 17.2. The summed E-state index contributed by atoms with van der Waals surface area (Å²) in [7, 11) is 0. The molecule has 0 radical (unpaired) electrons. The molecule has 4 rings (SSSR count). The van der Waals surface area contributed by atoms with Gasteiger partial charge in [-0.05, 0) is 31.4 Å². The fourth-order valence-electron chi connectivity index (χ4n) is 4.71. The molecule has 2 saturated heterocycles. The summed E-state index contributed by atoms with van der Waals surface area (Å²) in [6, 6.07) is 3.71. The summed E-state index contributed by atoms with van der Waals surface area (Å²) in [5.41, 5.74) is 5.64. The molecule has 9 nitrogen and oxygen atoms in total. The minimum absolute atomic E-state index is 0.0874. The highest BCUT2D eigenvalue weighted by molar-refractivity contribution is 5.92. The fraction of sp³-hybridized carbons (Fsp3) is 0.619. The van der Waals surface area contributed by atoms with Crippen LogP contribution in [0.15, 0.2) is 18.3 Å². The van der Waals surface area contributed by atoms with Crippen molar-refractivity contribution in [1.82, 2.24) is 20.5 Å². The number of primary amides is 1. The summed E-state index contributed by atoms with van der Waals surface area (Å²) < 4.78 is 0. The van der Waals surface area contributed by atoms with Crippen molar-refractivity contribution < 1.29 is 14.4 Å². The Morgan fingerprint density at radius 2 is 1.90 bits per heavy atom. The van der Waals surface area contributed by atoms with Gasteiger partial charge in [0.25, 0.3) is 0 Å². The van der Waals surface area contributed by atoms with Crippen LogP contribution in [0.4, 0.5) is 5.82 Å². The normalized spacial score (nSPS) is 26.7. The van der Waals surface area contributed by atoms with Crippen LogP contribution < -0.4 is 21.3 Å². The molecule has 0 spiro atoms. The second-order valence-electron chi connectivity index (χ2n) is 8.40. The van der Waals surface area contributed by atoms with Crippen LogP contribution in [0.25, 0.3) is 0 Å². The standard InChI is InChI=1S/C21H30N6O3/c22-20(29)14-5-7-18(23-13-14)26-9-11-27(12-10-26)19(28)8-6-17-24-16-4-2-1-3-15(16)21(30)25-17/h5,7,13,15-17,24H,1-4,6,8-12H2,(H2,22,29)(H,25,30). The number of pyridine rings is 1. The Balaban J connectivity index is 1.23. The molecule has 3 amide bonds. The lowest BCUT2D eigenvalue weighted by Crippen LogP contribution is -2.62. The van der Waals surface area contributed by atoms with Gasteiger partial charge in [-0.2, -0.15) is 0 Å². The van der Waals surface area contributed by atoms with E-state index in [9.17, 15) is 14.4 Å². The van der Waals surface area contributed by atoms with Crippen LogP contribution in [0.3, 0.4) is 0 Å². The number of aromatic nitrogens is 1. The van der Waals surface area contributed by atoms with Gasteiger partial charge in [0.15, 0.2) is 0 Å². The predicted octanol–water partition coefficient (Wildman–Crippen LogP) is 0.214. The number of hydrogen-bond donors (Lipinski definition) is 3. The van der Waals surface area contributed by atoms with Gasteiger partial charge in [-0.1, -0.05) is 12.8 Å². The molecule has 3 aliphatic rings. The van der Waals surface area contributed by atoms with Crippen LogP contribution in [-0.4, -0.2) is 66.0 Å². The summed E-state index contributed by atoms with van der Waals surface area (Å²) in [5.74, 6) is 0.632. The molecule has 1 aromatic rings. The lowest BCUT2D eigenvalue weighted by molar-refractivity contribution is -0.134. The van der Waals surface area contributed by atoms with Crippen LogP contribution >= 0.6 is 0 Å². The van der Waals surface area contributed by atoms with Gasteiger partial charge in [0, 0.05) is 44.8 Å². The Hall–Kier alpha value is -2.68. The molecule has 0 aromatic carbocycles. The van der Waals surface area contributed by atoms with E-state index in [0.717, 1.165) is 31.5 Å². The molecule has 30 heavy (non-hydrogen) atoms. The van der Waals surface area contributed by atoms with E-state index >= 15 is 0 Å². The summed E-state index contributed by atoms with van der Waals surface area (Å²) in [4.78, 5) is 44.4. The van der Waals surface area contributed by atoms with E-state index in [1.807, 2.05) is 4.90 Å². The van der Waals surface area contributed by atoms with Crippen molar-refractivity contribution in [2.45, 2.75) is 50.7 Å². The summed E-state index contributed by atoms with van der Waals surface area (Å²) in [5, 5.41) is 6.58. The first kappa shape index (κ1) is 20.6. The van der Waals surface area contributed by atoms with Crippen molar-refractivity contribution >= 4 is 23.5 Å². The highest BCUT2D eigenvalue weighted by Crippen LogP contribution is 2.27. The van der Waals surface area contributed by atoms with Crippen LogP contribution in [0.1, 0.15) is 48.9 Å². The second-order valence-corrected chi connectivity index (χ2v) is 8.40. The number of rotatable bonds is 5. The smallest absolute Gasteiger partial charge is 0.250 e. The van der Waals surface area contributed by atoms with E-state index in [1.54, 1.807) is 12.1 Å². The highest BCUT2D eigenvalue weighted by Gasteiger charge is 2.37. The van der Waals surface area contributed by atoms with Gasteiger partial charge in [-0.15, -0.1) is 0 Å². The zero-order valence-electron chi connectivity index (χ0n) is 17.2. The number of fused-ring (bicyclic) bond motifs is 1. The van der Waals surface area contributed by atoms with Gasteiger partial charge in [0.1, 0.15) is 5.82 Å². The molecule has 3 unspecified atom stereocenters. The molecule has 3 atom stereocenters. The minimum Gasteiger partial charge on any atom is -0.366 e. The van der Waals surface area contributed by atoms with Gasteiger partial charge >= 0.3 is 0 Å². The first-order chi connectivity index (χ1) is 14.5. The van der Waals surface area contributed by atoms with Gasteiger partial charge in [0.2, 0.25) is 17.7 Å². The molecule has 2 aliphatic heterocycles. The topological polar surface area (TPSA) is 121 Å². The molecule has 162 valence electrons. The lowest BCUT2D eigenvalue weighted by Gasteiger charge is -2.40. The van der Waals surface area contributed by atoms with E-state index in [2.05, 4.69) is 20.5 Å². The Morgan fingerprint density at radius 3 is 2.60 bits per heavy atom. The van der Waals surface area contributed by atoms with Crippen molar-refractivity contribution in [1.29, 1.82) is 0 Å². The molecule has 1 aliphatic carbocycles. The molecule has 1 saturated carbocycles. The van der Waals surface area contributed by atoms with Gasteiger partial charge in [0.05, 0.1) is 17.6 Å². The van der Waals surface area contributed by atoms with Gasteiger partial charge in [-0.3, -0.25) is 19.7 Å². The number of nitrogens with one attached hydrogen (secondary N) is 2. The zero-order chi connectivity index (χ0) is 21.1. The largest absolute Gasteiger partial charge is 0.366 e. The molecule has 1 aromatic heterocycles. The van der Waals surface area contributed by atoms with Crippen LogP contribution in [0, 0.1) is 5.92 Å². The van der Waals surface area contributed by atoms with Crippen molar-refractivity contribution in [3.63, 3.8) is 0 Å². The van der Waals surface area contributed by atoms with Crippen LogP contribution in [0.2, 0.25) is 0 Å². The maximum Gasteiger partial charge on any atom is 0.250 e. The maximum atomic E-state index is 12.7. The number of piperazine rings is 1. The number of nitrogens with two attached hydrogens (primary N) is 1. The lowest BCUT2D eigenvalue weighted by atomic mass is 9.82. The number of carbonyl (C=O) groups is 3. The fourth-order valence-corrected chi connectivity index (χ4v) is 4.71.